The Balaban J connectivity index is 0.000000924. The second-order valence-electron chi connectivity index (χ2n) is 5.22. The number of carbonyl (C=O) groups is 2. The second kappa shape index (κ2) is 7.88. The number of hydrogen-bond acceptors (Lipinski definition) is 3. The van der Waals surface area contributed by atoms with Gasteiger partial charge >= 0.3 is 0 Å². The maximum absolute atomic E-state index is 12.6. The minimum absolute atomic E-state index is 0.192. The Bertz CT molecular complexity index is 659. The topological polar surface area (TPSA) is 49.4 Å². The zero-order valence-electron chi connectivity index (χ0n) is 14.1. The Kier molecular flexibility index (Phi) is 5.88. The summed E-state index contributed by atoms with van der Waals surface area (Å²) in [5.41, 5.74) is 1.25. The predicted molar refractivity (Wildman–Crippen MR) is 93.8 cm³/mol. The molecule has 0 fully saturated rings. The Morgan fingerprint density at radius 3 is 2.00 bits per heavy atom. The smallest absolute Gasteiger partial charge is 0.261 e. The average Bonchev–Trinajstić information content (AvgIpc) is 2.60. The Labute approximate surface area is 137 Å². The lowest BCUT2D eigenvalue weighted by Crippen LogP contribution is -2.43. The van der Waals surface area contributed by atoms with Crippen LogP contribution in [0.1, 0.15) is 47.9 Å². The van der Waals surface area contributed by atoms with Gasteiger partial charge in [0.05, 0.1) is 0 Å². The molecule has 1 heterocycles. The van der Waals surface area contributed by atoms with Crippen LogP contribution in [0.3, 0.4) is 0 Å². The van der Waals surface area contributed by atoms with E-state index >= 15 is 0 Å². The molecule has 1 aliphatic heterocycles. The minimum atomic E-state index is -0.192. The van der Waals surface area contributed by atoms with Crippen molar-refractivity contribution in [2.45, 2.75) is 27.2 Å². The van der Waals surface area contributed by atoms with Crippen molar-refractivity contribution in [1.82, 2.24) is 10.2 Å². The zero-order chi connectivity index (χ0) is 16.8. The van der Waals surface area contributed by atoms with Crippen molar-refractivity contribution in [2.75, 3.05) is 19.6 Å². The summed E-state index contributed by atoms with van der Waals surface area (Å²) in [4.78, 5) is 26.5. The lowest BCUT2D eigenvalue weighted by Gasteiger charge is -2.27. The summed E-state index contributed by atoms with van der Waals surface area (Å²) in [6, 6.07) is 11.2. The molecule has 0 saturated carbocycles. The molecule has 0 radical (unpaired) electrons. The number of benzene rings is 2. The van der Waals surface area contributed by atoms with Gasteiger partial charge in [-0.25, -0.2) is 0 Å². The molecule has 4 nitrogen and oxygen atoms in total. The van der Waals surface area contributed by atoms with Gasteiger partial charge in [-0.1, -0.05) is 45.0 Å². The summed E-state index contributed by atoms with van der Waals surface area (Å²) in [5, 5.41) is 4.95. The molecule has 0 bridgehead atoms. The first-order chi connectivity index (χ1) is 11.2. The van der Waals surface area contributed by atoms with E-state index in [0.717, 1.165) is 23.7 Å². The monoisotopic (exact) mass is 312 g/mol. The SMILES string of the molecule is CC.CCCNCCN1C(=O)c2cccc3cccc(c23)C1=O. The number of rotatable bonds is 5. The molecule has 2 aromatic rings. The molecule has 23 heavy (non-hydrogen) atoms. The molecule has 0 atom stereocenters. The first-order valence-corrected chi connectivity index (χ1v) is 8.32. The quantitative estimate of drug-likeness (QED) is 0.679. The maximum Gasteiger partial charge on any atom is 0.261 e. The number of nitrogens with zero attached hydrogens (tertiary/aromatic N) is 1. The molecule has 3 rings (SSSR count). The summed E-state index contributed by atoms with van der Waals surface area (Å²) >= 11 is 0. The highest BCUT2D eigenvalue weighted by Gasteiger charge is 2.31. The van der Waals surface area contributed by atoms with Gasteiger partial charge in [-0.3, -0.25) is 14.5 Å². The van der Waals surface area contributed by atoms with Gasteiger partial charge in [0.2, 0.25) is 0 Å². The maximum atomic E-state index is 12.6. The van der Waals surface area contributed by atoms with Gasteiger partial charge in [0.1, 0.15) is 0 Å². The zero-order valence-corrected chi connectivity index (χ0v) is 14.1. The minimum Gasteiger partial charge on any atom is -0.315 e. The molecule has 1 aliphatic rings. The summed E-state index contributed by atoms with van der Waals surface area (Å²) in [7, 11) is 0. The van der Waals surface area contributed by atoms with E-state index in [1.165, 1.54) is 4.90 Å². The van der Waals surface area contributed by atoms with Gasteiger partial charge in [0.25, 0.3) is 11.8 Å². The first-order valence-electron chi connectivity index (χ1n) is 8.32. The van der Waals surface area contributed by atoms with Crippen molar-refractivity contribution < 1.29 is 9.59 Å². The van der Waals surface area contributed by atoms with Gasteiger partial charge in [0, 0.05) is 29.6 Å². The molecule has 0 aliphatic carbocycles. The highest BCUT2D eigenvalue weighted by Crippen LogP contribution is 2.29. The Morgan fingerprint density at radius 1 is 0.913 bits per heavy atom. The van der Waals surface area contributed by atoms with E-state index in [1.54, 1.807) is 12.1 Å². The summed E-state index contributed by atoms with van der Waals surface area (Å²) < 4.78 is 0. The lowest BCUT2D eigenvalue weighted by molar-refractivity contribution is 0.0612. The molecule has 0 saturated heterocycles. The molecule has 1 N–H and O–H groups in total. The molecular weight excluding hydrogens is 288 g/mol. The van der Waals surface area contributed by atoms with E-state index in [9.17, 15) is 9.59 Å². The van der Waals surface area contributed by atoms with E-state index in [1.807, 2.05) is 38.1 Å². The van der Waals surface area contributed by atoms with Crippen LogP contribution in [0.15, 0.2) is 36.4 Å². The molecule has 2 amide bonds. The fraction of sp³-hybridized carbons (Fsp3) is 0.368. The van der Waals surface area contributed by atoms with Crippen molar-refractivity contribution >= 4 is 22.6 Å². The van der Waals surface area contributed by atoms with Gasteiger partial charge < -0.3 is 5.32 Å². The van der Waals surface area contributed by atoms with Crippen LogP contribution in [0.25, 0.3) is 10.8 Å². The molecule has 0 unspecified atom stereocenters. The van der Waals surface area contributed by atoms with Gasteiger partial charge in [0.15, 0.2) is 0 Å². The molecular formula is C19H24N2O2. The molecule has 2 aromatic carbocycles. The highest BCUT2D eigenvalue weighted by molar-refractivity contribution is 6.25. The molecule has 4 heteroatoms. The van der Waals surface area contributed by atoms with Gasteiger partial charge in [-0.2, -0.15) is 0 Å². The lowest BCUT2D eigenvalue weighted by atomic mass is 9.94. The van der Waals surface area contributed by atoms with E-state index in [2.05, 4.69) is 12.2 Å². The van der Waals surface area contributed by atoms with Crippen molar-refractivity contribution in [3.8, 4) is 0 Å². The highest BCUT2D eigenvalue weighted by atomic mass is 16.2. The standard InChI is InChI=1S/C17H18N2O2.C2H6/c1-2-9-18-10-11-19-16(20)13-7-3-5-12-6-4-8-14(15(12)13)17(19)21;1-2/h3-8,18H,2,9-11H2,1H3;1-2H3. The van der Waals surface area contributed by atoms with Crippen LogP contribution in [-0.4, -0.2) is 36.3 Å². The summed E-state index contributed by atoms with van der Waals surface area (Å²) in [5.74, 6) is -0.384. The largest absolute Gasteiger partial charge is 0.315 e. The van der Waals surface area contributed by atoms with Crippen LogP contribution in [0, 0.1) is 0 Å². The van der Waals surface area contributed by atoms with Crippen LogP contribution in [0.2, 0.25) is 0 Å². The van der Waals surface area contributed by atoms with Crippen LogP contribution in [0.5, 0.6) is 0 Å². The van der Waals surface area contributed by atoms with Gasteiger partial charge in [-0.05, 0) is 30.5 Å². The Hall–Kier alpha value is -2.20. The number of hydrogen-bond donors (Lipinski definition) is 1. The molecule has 122 valence electrons. The fourth-order valence-electron chi connectivity index (χ4n) is 2.78. The third kappa shape index (κ3) is 3.27. The first kappa shape index (κ1) is 17.2. The third-order valence-electron chi connectivity index (χ3n) is 3.79. The van der Waals surface area contributed by atoms with Gasteiger partial charge in [-0.15, -0.1) is 0 Å². The van der Waals surface area contributed by atoms with E-state index in [4.69, 9.17) is 0 Å². The van der Waals surface area contributed by atoms with E-state index in [0.29, 0.717) is 24.2 Å². The number of amides is 2. The van der Waals surface area contributed by atoms with Crippen molar-refractivity contribution in [2.24, 2.45) is 0 Å². The Morgan fingerprint density at radius 2 is 1.48 bits per heavy atom. The summed E-state index contributed by atoms with van der Waals surface area (Å²) in [6.45, 7) is 8.01. The van der Waals surface area contributed by atoms with Crippen LogP contribution >= 0.6 is 0 Å². The third-order valence-corrected chi connectivity index (χ3v) is 3.79. The number of carbonyl (C=O) groups excluding carboxylic acids is 2. The van der Waals surface area contributed by atoms with E-state index < -0.39 is 0 Å². The molecule has 0 aromatic heterocycles. The van der Waals surface area contributed by atoms with Crippen LogP contribution < -0.4 is 5.32 Å². The van der Waals surface area contributed by atoms with E-state index in [-0.39, 0.29) is 11.8 Å². The fourth-order valence-corrected chi connectivity index (χ4v) is 2.78. The number of imide groups is 1. The predicted octanol–water partition coefficient (Wildman–Crippen LogP) is 3.46. The van der Waals surface area contributed by atoms with Crippen molar-refractivity contribution in [1.29, 1.82) is 0 Å². The van der Waals surface area contributed by atoms with Crippen LogP contribution in [-0.2, 0) is 0 Å². The summed E-state index contributed by atoms with van der Waals surface area (Å²) in [6.07, 6.45) is 1.03. The normalized spacial score (nSPS) is 13.1. The van der Waals surface area contributed by atoms with Crippen molar-refractivity contribution in [3.05, 3.63) is 47.5 Å². The van der Waals surface area contributed by atoms with Crippen molar-refractivity contribution in [3.63, 3.8) is 0 Å². The number of nitrogens with one attached hydrogen (secondary N) is 1. The second-order valence-corrected chi connectivity index (χ2v) is 5.22. The average molecular weight is 312 g/mol. The van der Waals surface area contributed by atoms with Crippen LogP contribution in [0.4, 0.5) is 0 Å². The molecule has 0 spiro atoms.